The molecule has 0 spiro atoms. The van der Waals surface area contributed by atoms with Crippen molar-refractivity contribution in [3.63, 3.8) is 0 Å². The normalized spacial score (nSPS) is 15.8. The predicted octanol–water partition coefficient (Wildman–Crippen LogP) is -0.269. The van der Waals surface area contributed by atoms with Gasteiger partial charge in [-0.3, -0.25) is 0 Å². The van der Waals surface area contributed by atoms with Gasteiger partial charge in [0.25, 0.3) is 0 Å². The zero-order valence-electron chi connectivity index (χ0n) is 7.27. The van der Waals surface area contributed by atoms with E-state index in [2.05, 4.69) is 10.2 Å². The van der Waals surface area contributed by atoms with Crippen LogP contribution >= 0.6 is 12.4 Å². The predicted molar refractivity (Wildman–Crippen MR) is 49.7 cm³/mol. The summed E-state index contributed by atoms with van der Waals surface area (Å²) in [6.45, 7) is 2.75. The van der Waals surface area contributed by atoms with E-state index in [1.54, 1.807) is 0 Å². The average Bonchev–Trinajstić information content (AvgIpc) is 2.33. The Morgan fingerprint density at radius 1 is 1.38 bits per heavy atom. The Balaban J connectivity index is 0.000000845. The van der Waals surface area contributed by atoms with Crippen LogP contribution in [0.1, 0.15) is 11.6 Å². The minimum absolute atomic E-state index is 0. The fraction of sp³-hybridized carbons (Fsp3) is 0.714. The standard InChI is InChI=1S/C7H12N4O.ClH/c8-5-7-10-9-6-1-3-12-4-2-11(6)7;/h1-5,8H2;1H. The molecule has 0 aromatic carbocycles. The Hall–Kier alpha value is -0.650. The molecule has 0 fully saturated rings. The molecule has 1 aromatic rings. The van der Waals surface area contributed by atoms with Crippen LogP contribution in [-0.2, 0) is 24.2 Å². The lowest BCUT2D eigenvalue weighted by Gasteiger charge is -2.02. The lowest BCUT2D eigenvalue weighted by atomic mass is 10.4. The summed E-state index contributed by atoms with van der Waals surface area (Å²) in [6, 6.07) is 0. The second kappa shape index (κ2) is 4.55. The molecular weight excluding hydrogens is 192 g/mol. The van der Waals surface area contributed by atoms with Gasteiger partial charge in [0.05, 0.1) is 19.8 Å². The van der Waals surface area contributed by atoms with E-state index in [1.165, 1.54) is 0 Å². The molecule has 0 atom stereocenters. The summed E-state index contributed by atoms with van der Waals surface area (Å²) < 4.78 is 7.35. The highest BCUT2D eigenvalue weighted by Gasteiger charge is 2.12. The maximum absolute atomic E-state index is 5.51. The molecule has 1 aromatic heterocycles. The monoisotopic (exact) mass is 204 g/mol. The van der Waals surface area contributed by atoms with Crippen molar-refractivity contribution < 1.29 is 4.74 Å². The van der Waals surface area contributed by atoms with Crippen molar-refractivity contribution >= 4 is 12.4 Å². The molecule has 5 nitrogen and oxygen atoms in total. The summed E-state index contributed by atoms with van der Waals surface area (Å²) in [5, 5.41) is 8.03. The summed E-state index contributed by atoms with van der Waals surface area (Å²) >= 11 is 0. The van der Waals surface area contributed by atoms with Crippen molar-refractivity contribution in [3.8, 4) is 0 Å². The minimum atomic E-state index is 0. The van der Waals surface area contributed by atoms with Gasteiger partial charge in [0, 0.05) is 13.0 Å². The third-order valence-electron chi connectivity index (χ3n) is 2.02. The summed E-state index contributed by atoms with van der Waals surface area (Å²) in [6.07, 6.45) is 0.840. The second-order valence-electron chi connectivity index (χ2n) is 2.75. The second-order valence-corrected chi connectivity index (χ2v) is 2.75. The first-order valence-electron chi connectivity index (χ1n) is 4.10. The number of halogens is 1. The summed E-state index contributed by atoms with van der Waals surface area (Å²) in [7, 11) is 0. The van der Waals surface area contributed by atoms with Crippen LogP contribution in [0.5, 0.6) is 0 Å². The van der Waals surface area contributed by atoms with Crippen LogP contribution < -0.4 is 5.73 Å². The largest absolute Gasteiger partial charge is 0.379 e. The van der Waals surface area contributed by atoms with E-state index < -0.39 is 0 Å². The topological polar surface area (TPSA) is 66.0 Å². The van der Waals surface area contributed by atoms with Crippen molar-refractivity contribution in [3.05, 3.63) is 11.6 Å². The van der Waals surface area contributed by atoms with Crippen molar-refractivity contribution in [2.24, 2.45) is 5.73 Å². The molecule has 2 rings (SSSR count). The number of hydrogen-bond donors (Lipinski definition) is 1. The van der Waals surface area contributed by atoms with E-state index in [0.29, 0.717) is 6.54 Å². The molecular formula is C7H13ClN4O. The van der Waals surface area contributed by atoms with Crippen molar-refractivity contribution in [1.29, 1.82) is 0 Å². The fourth-order valence-corrected chi connectivity index (χ4v) is 1.39. The van der Waals surface area contributed by atoms with Crippen LogP contribution in [0.3, 0.4) is 0 Å². The molecule has 0 amide bonds. The van der Waals surface area contributed by atoms with Crippen molar-refractivity contribution in [1.82, 2.24) is 14.8 Å². The summed E-state index contributed by atoms with van der Waals surface area (Å²) in [5.41, 5.74) is 5.51. The van der Waals surface area contributed by atoms with Gasteiger partial charge in [0.2, 0.25) is 0 Å². The highest BCUT2D eigenvalue weighted by Crippen LogP contribution is 2.06. The van der Waals surface area contributed by atoms with Crippen molar-refractivity contribution in [2.45, 2.75) is 19.5 Å². The highest BCUT2D eigenvalue weighted by molar-refractivity contribution is 5.85. The van der Waals surface area contributed by atoms with E-state index >= 15 is 0 Å². The molecule has 0 aliphatic carbocycles. The molecule has 6 heteroatoms. The van der Waals surface area contributed by atoms with Gasteiger partial charge in [0.1, 0.15) is 11.6 Å². The highest BCUT2D eigenvalue weighted by atomic mass is 35.5. The number of aromatic nitrogens is 3. The quantitative estimate of drug-likeness (QED) is 0.684. The van der Waals surface area contributed by atoms with Crippen LogP contribution in [0.2, 0.25) is 0 Å². The first-order chi connectivity index (χ1) is 5.92. The van der Waals surface area contributed by atoms with E-state index in [0.717, 1.165) is 37.8 Å². The lowest BCUT2D eigenvalue weighted by Crippen LogP contribution is -2.11. The van der Waals surface area contributed by atoms with Crippen LogP contribution in [-0.4, -0.2) is 28.0 Å². The average molecular weight is 205 g/mol. The SMILES string of the molecule is Cl.NCc1nnc2n1CCOCC2. The number of nitrogens with two attached hydrogens (primary N) is 1. The number of ether oxygens (including phenoxy) is 1. The molecule has 0 saturated heterocycles. The third kappa shape index (κ3) is 1.99. The number of fused-ring (bicyclic) bond motifs is 1. The molecule has 0 bridgehead atoms. The van der Waals surface area contributed by atoms with Crippen LogP contribution in [0.4, 0.5) is 0 Å². The van der Waals surface area contributed by atoms with Gasteiger partial charge in [0.15, 0.2) is 0 Å². The smallest absolute Gasteiger partial charge is 0.146 e. The zero-order chi connectivity index (χ0) is 8.39. The third-order valence-corrected chi connectivity index (χ3v) is 2.02. The first kappa shape index (κ1) is 10.4. The molecule has 0 radical (unpaired) electrons. The van der Waals surface area contributed by atoms with Gasteiger partial charge >= 0.3 is 0 Å². The van der Waals surface area contributed by atoms with Gasteiger partial charge in [-0.25, -0.2) is 0 Å². The molecule has 2 heterocycles. The van der Waals surface area contributed by atoms with Gasteiger partial charge < -0.3 is 15.0 Å². The molecule has 74 valence electrons. The van der Waals surface area contributed by atoms with Crippen molar-refractivity contribution in [2.75, 3.05) is 13.2 Å². The Kier molecular flexibility index (Phi) is 3.65. The van der Waals surface area contributed by atoms with Gasteiger partial charge in [-0.1, -0.05) is 0 Å². The van der Waals surface area contributed by atoms with Gasteiger partial charge in [-0.15, -0.1) is 22.6 Å². The van der Waals surface area contributed by atoms with Crippen LogP contribution in [0.25, 0.3) is 0 Å². The lowest BCUT2D eigenvalue weighted by molar-refractivity contribution is 0.139. The molecule has 1 aliphatic rings. The molecule has 2 N–H and O–H groups in total. The number of rotatable bonds is 1. The van der Waals surface area contributed by atoms with Crippen LogP contribution in [0.15, 0.2) is 0 Å². The molecule has 0 unspecified atom stereocenters. The Labute approximate surface area is 82.7 Å². The van der Waals surface area contributed by atoms with E-state index in [-0.39, 0.29) is 12.4 Å². The maximum atomic E-state index is 5.51. The van der Waals surface area contributed by atoms with E-state index in [4.69, 9.17) is 10.5 Å². The van der Waals surface area contributed by atoms with Gasteiger partial charge in [-0.05, 0) is 0 Å². The maximum Gasteiger partial charge on any atom is 0.146 e. The Morgan fingerprint density at radius 3 is 3.00 bits per heavy atom. The van der Waals surface area contributed by atoms with E-state index in [9.17, 15) is 0 Å². The summed E-state index contributed by atoms with van der Waals surface area (Å²) in [5.74, 6) is 1.85. The minimum Gasteiger partial charge on any atom is -0.379 e. The molecule has 13 heavy (non-hydrogen) atoms. The first-order valence-corrected chi connectivity index (χ1v) is 4.10. The Morgan fingerprint density at radius 2 is 2.23 bits per heavy atom. The van der Waals surface area contributed by atoms with Gasteiger partial charge in [-0.2, -0.15) is 0 Å². The molecule has 0 saturated carbocycles. The fourth-order valence-electron chi connectivity index (χ4n) is 1.39. The van der Waals surface area contributed by atoms with E-state index in [1.807, 2.05) is 4.57 Å². The summed E-state index contributed by atoms with van der Waals surface area (Å²) in [4.78, 5) is 0. The number of nitrogens with zero attached hydrogens (tertiary/aromatic N) is 3. The number of hydrogen-bond acceptors (Lipinski definition) is 4. The van der Waals surface area contributed by atoms with Crippen LogP contribution in [0, 0.1) is 0 Å². The zero-order valence-corrected chi connectivity index (χ0v) is 8.09. The molecule has 1 aliphatic heterocycles. The Bertz CT molecular complexity index is 275.